The molecule has 5 heteroatoms. The van der Waals surface area contributed by atoms with E-state index in [9.17, 15) is 4.79 Å². The first kappa shape index (κ1) is 13.4. The molecule has 2 aromatic carbocycles. The number of carbonyl (C=O) groups is 1. The van der Waals surface area contributed by atoms with Crippen LogP contribution in [0.2, 0.25) is 0 Å². The Hall–Kier alpha value is -2.01. The molecule has 2 rings (SSSR count). The summed E-state index contributed by atoms with van der Waals surface area (Å²) in [5, 5.41) is 0. The molecule has 0 heterocycles. The van der Waals surface area contributed by atoms with Crippen LogP contribution in [0.25, 0.3) is 0 Å². The molecular weight excluding hydrogens is 308 g/mol. The number of carbonyl (C=O) groups excluding carboxylic acids is 1. The summed E-state index contributed by atoms with van der Waals surface area (Å²) in [7, 11) is 0. The third-order valence-electron chi connectivity index (χ3n) is 2.67. The molecule has 0 fully saturated rings. The number of halogens is 1. The SMILES string of the molecule is NC(=O)c1cccc(OCc2ccccc2Br)c1N. The third-order valence-corrected chi connectivity index (χ3v) is 3.45. The number of benzene rings is 2. The number of anilines is 1. The van der Waals surface area contributed by atoms with E-state index in [0.717, 1.165) is 10.0 Å². The van der Waals surface area contributed by atoms with Crippen molar-refractivity contribution in [3.63, 3.8) is 0 Å². The second-order valence-electron chi connectivity index (χ2n) is 3.96. The molecule has 19 heavy (non-hydrogen) atoms. The van der Waals surface area contributed by atoms with Crippen molar-refractivity contribution in [3.8, 4) is 5.75 Å². The van der Waals surface area contributed by atoms with Crippen molar-refractivity contribution in [2.24, 2.45) is 5.73 Å². The molecule has 4 N–H and O–H groups in total. The third kappa shape index (κ3) is 3.06. The summed E-state index contributed by atoms with van der Waals surface area (Å²) >= 11 is 3.44. The first-order valence-electron chi connectivity index (χ1n) is 5.64. The lowest BCUT2D eigenvalue weighted by atomic mass is 10.1. The van der Waals surface area contributed by atoms with Crippen molar-refractivity contribution in [2.45, 2.75) is 6.61 Å². The number of nitrogen functional groups attached to an aromatic ring is 1. The van der Waals surface area contributed by atoms with Crippen LogP contribution in [0, 0.1) is 0 Å². The number of para-hydroxylation sites is 1. The van der Waals surface area contributed by atoms with Crippen molar-refractivity contribution >= 4 is 27.5 Å². The average molecular weight is 321 g/mol. The van der Waals surface area contributed by atoms with Crippen molar-refractivity contribution in [1.29, 1.82) is 0 Å². The normalized spacial score (nSPS) is 10.2. The number of primary amides is 1. The number of ether oxygens (including phenoxy) is 1. The largest absolute Gasteiger partial charge is 0.487 e. The monoisotopic (exact) mass is 320 g/mol. The van der Waals surface area contributed by atoms with Crippen LogP contribution in [-0.4, -0.2) is 5.91 Å². The average Bonchev–Trinajstić information content (AvgIpc) is 2.39. The van der Waals surface area contributed by atoms with Gasteiger partial charge < -0.3 is 16.2 Å². The molecule has 0 aliphatic heterocycles. The molecule has 0 unspecified atom stereocenters. The first-order valence-corrected chi connectivity index (χ1v) is 6.43. The van der Waals surface area contributed by atoms with E-state index in [4.69, 9.17) is 16.2 Å². The molecule has 98 valence electrons. The zero-order valence-corrected chi connectivity index (χ0v) is 11.7. The van der Waals surface area contributed by atoms with Crippen molar-refractivity contribution in [3.05, 3.63) is 58.1 Å². The molecule has 0 bridgehead atoms. The van der Waals surface area contributed by atoms with E-state index in [-0.39, 0.29) is 11.3 Å². The molecule has 0 spiro atoms. The highest BCUT2D eigenvalue weighted by Crippen LogP contribution is 2.26. The fraction of sp³-hybridized carbons (Fsp3) is 0.0714. The summed E-state index contributed by atoms with van der Waals surface area (Å²) in [4.78, 5) is 11.2. The van der Waals surface area contributed by atoms with E-state index >= 15 is 0 Å². The van der Waals surface area contributed by atoms with Gasteiger partial charge in [0.05, 0.1) is 11.3 Å². The standard InChI is InChI=1S/C14H13BrN2O2/c15-11-6-2-1-4-9(11)8-19-12-7-3-5-10(13(12)16)14(17)18/h1-7H,8,16H2,(H2,17,18). The Morgan fingerprint density at radius 1 is 1.16 bits per heavy atom. The Bertz CT molecular complexity index is 614. The van der Waals surface area contributed by atoms with Crippen LogP contribution in [0.4, 0.5) is 5.69 Å². The van der Waals surface area contributed by atoms with E-state index in [1.807, 2.05) is 24.3 Å². The van der Waals surface area contributed by atoms with Gasteiger partial charge in [-0.2, -0.15) is 0 Å². The second kappa shape index (κ2) is 5.75. The lowest BCUT2D eigenvalue weighted by molar-refractivity contribution is 0.100. The van der Waals surface area contributed by atoms with Crippen LogP contribution in [0.1, 0.15) is 15.9 Å². The number of nitrogens with two attached hydrogens (primary N) is 2. The fourth-order valence-corrected chi connectivity index (χ4v) is 2.05. The fourth-order valence-electron chi connectivity index (χ4n) is 1.66. The Labute approximate surface area is 119 Å². The van der Waals surface area contributed by atoms with Crippen molar-refractivity contribution < 1.29 is 9.53 Å². The molecular formula is C14H13BrN2O2. The lowest BCUT2D eigenvalue weighted by Gasteiger charge is -2.11. The summed E-state index contributed by atoms with van der Waals surface area (Å²) in [5.41, 5.74) is 12.6. The number of amides is 1. The molecule has 4 nitrogen and oxygen atoms in total. The van der Waals surface area contributed by atoms with E-state index < -0.39 is 5.91 Å². The summed E-state index contributed by atoms with van der Waals surface area (Å²) in [5.74, 6) is -0.115. The Balaban J connectivity index is 2.19. The van der Waals surface area contributed by atoms with Gasteiger partial charge in [0.2, 0.25) is 0 Å². The Morgan fingerprint density at radius 3 is 2.58 bits per heavy atom. The van der Waals surface area contributed by atoms with Gasteiger partial charge in [-0.05, 0) is 18.2 Å². The number of hydrogen-bond acceptors (Lipinski definition) is 3. The molecule has 0 radical (unpaired) electrons. The van der Waals surface area contributed by atoms with Crippen LogP contribution in [0.3, 0.4) is 0 Å². The Kier molecular flexibility index (Phi) is 4.06. The van der Waals surface area contributed by atoms with Gasteiger partial charge >= 0.3 is 0 Å². The molecule has 0 atom stereocenters. The molecule has 0 aliphatic rings. The van der Waals surface area contributed by atoms with Crippen molar-refractivity contribution in [2.75, 3.05) is 5.73 Å². The van der Waals surface area contributed by atoms with Gasteiger partial charge in [0, 0.05) is 10.0 Å². The maximum atomic E-state index is 11.2. The summed E-state index contributed by atoms with van der Waals surface area (Å²) in [6.45, 7) is 0.355. The van der Waals surface area contributed by atoms with E-state index in [1.54, 1.807) is 18.2 Å². The predicted molar refractivity (Wildman–Crippen MR) is 77.8 cm³/mol. The van der Waals surface area contributed by atoms with Gasteiger partial charge in [-0.1, -0.05) is 40.2 Å². The highest BCUT2D eigenvalue weighted by atomic mass is 79.9. The molecule has 0 saturated heterocycles. The van der Waals surface area contributed by atoms with Crippen LogP contribution < -0.4 is 16.2 Å². The molecule has 0 saturated carbocycles. The zero-order chi connectivity index (χ0) is 13.8. The van der Waals surface area contributed by atoms with Gasteiger partial charge in [0.1, 0.15) is 12.4 Å². The molecule has 2 aromatic rings. The second-order valence-corrected chi connectivity index (χ2v) is 4.82. The minimum Gasteiger partial charge on any atom is -0.487 e. The van der Waals surface area contributed by atoms with Gasteiger partial charge in [-0.25, -0.2) is 0 Å². The van der Waals surface area contributed by atoms with Gasteiger partial charge in [-0.3, -0.25) is 4.79 Å². The minimum absolute atomic E-state index is 0.266. The maximum Gasteiger partial charge on any atom is 0.250 e. The quantitative estimate of drug-likeness (QED) is 0.850. The number of hydrogen-bond donors (Lipinski definition) is 2. The zero-order valence-electron chi connectivity index (χ0n) is 10.1. The predicted octanol–water partition coefficient (Wildman–Crippen LogP) is 2.71. The maximum absolute atomic E-state index is 11.2. The van der Waals surface area contributed by atoms with Crippen LogP contribution in [-0.2, 0) is 6.61 Å². The summed E-state index contributed by atoms with van der Waals surface area (Å²) < 4.78 is 6.59. The number of rotatable bonds is 4. The van der Waals surface area contributed by atoms with Gasteiger partial charge in [0.15, 0.2) is 0 Å². The molecule has 0 aliphatic carbocycles. The molecule has 0 aromatic heterocycles. The van der Waals surface area contributed by atoms with E-state index in [1.165, 1.54) is 0 Å². The van der Waals surface area contributed by atoms with Gasteiger partial charge in [-0.15, -0.1) is 0 Å². The first-order chi connectivity index (χ1) is 9.09. The highest BCUT2D eigenvalue weighted by molar-refractivity contribution is 9.10. The minimum atomic E-state index is -0.566. The van der Waals surface area contributed by atoms with E-state index in [2.05, 4.69) is 15.9 Å². The van der Waals surface area contributed by atoms with Crippen LogP contribution >= 0.6 is 15.9 Å². The topological polar surface area (TPSA) is 78.3 Å². The van der Waals surface area contributed by atoms with Gasteiger partial charge in [0.25, 0.3) is 5.91 Å². The van der Waals surface area contributed by atoms with Crippen LogP contribution in [0.15, 0.2) is 46.9 Å². The summed E-state index contributed by atoms with van der Waals surface area (Å²) in [6.07, 6.45) is 0. The highest BCUT2D eigenvalue weighted by Gasteiger charge is 2.10. The lowest BCUT2D eigenvalue weighted by Crippen LogP contribution is -2.14. The molecule has 1 amide bonds. The van der Waals surface area contributed by atoms with E-state index in [0.29, 0.717) is 12.4 Å². The summed E-state index contributed by atoms with van der Waals surface area (Å²) in [6, 6.07) is 12.7. The van der Waals surface area contributed by atoms with Crippen molar-refractivity contribution in [1.82, 2.24) is 0 Å². The Morgan fingerprint density at radius 2 is 1.89 bits per heavy atom. The van der Waals surface area contributed by atoms with Crippen LogP contribution in [0.5, 0.6) is 5.75 Å². The smallest absolute Gasteiger partial charge is 0.250 e.